The summed E-state index contributed by atoms with van der Waals surface area (Å²) < 4.78 is 8.01. The van der Waals surface area contributed by atoms with E-state index in [-0.39, 0.29) is 0 Å². The number of rotatable bonds is 7. The van der Waals surface area contributed by atoms with Crippen LogP contribution < -0.4 is 4.90 Å². The maximum atomic E-state index is 5.59. The summed E-state index contributed by atoms with van der Waals surface area (Å²) >= 11 is 0. The first-order valence-electron chi connectivity index (χ1n) is 13.5. The molecular formula is C31H38N4O. The van der Waals surface area contributed by atoms with Crippen molar-refractivity contribution in [1.82, 2.24) is 14.5 Å². The van der Waals surface area contributed by atoms with E-state index in [1.807, 2.05) is 0 Å². The van der Waals surface area contributed by atoms with E-state index in [0.717, 1.165) is 63.2 Å². The number of aryl methyl sites for hydroxylation is 4. The normalized spacial score (nSPS) is 16.8. The minimum atomic E-state index is 0.813. The maximum Gasteiger partial charge on any atom is 0.147 e. The number of fused-ring (bicyclic) bond motifs is 3. The van der Waals surface area contributed by atoms with E-state index in [1.54, 1.807) is 0 Å². The van der Waals surface area contributed by atoms with Gasteiger partial charge in [-0.25, -0.2) is 4.98 Å². The van der Waals surface area contributed by atoms with Crippen molar-refractivity contribution in [1.29, 1.82) is 0 Å². The number of pyridine rings is 1. The molecule has 1 saturated heterocycles. The van der Waals surface area contributed by atoms with Crippen LogP contribution in [0.2, 0.25) is 0 Å². The van der Waals surface area contributed by atoms with Crippen molar-refractivity contribution in [3.8, 4) is 5.69 Å². The number of nitrogens with zero attached hydrogens (tertiary/aromatic N) is 4. The summed E-state index contributed by atoms with van der Waals surface area (Å²) in [5.41, 5.74) is 9.89. The highest BCUT2D eigenvalue weighted by Crippen LogP contribution is 2.40. The third-order valence-corrected chi connectivity index (χ3v) is 7.90. The molecule has 188 valence electrons. The molecular weight excluding hydrogens is 444 g/mol. The van der Waals surface area contributed by atoms with Crippen molar-refractivity contribution < 1.29 is 4.74 Å². The molecule has 5 nitrogen and oxygen atoms in total. The molecule has 1 aliphatic heterocycles. The second kappa shape index (κ2) is 9.53. The van der Waals surface area contributed by atoms with Gasteiger partial charge < -0.3 is 9.64 Å². The van der Waals surface area contributed by atoms with E-state index in [9.17, 15) is 0 Å². The molecule has 2 aliphatic rings. The smallest absolute Gasteiger partial charge is 0.147 e. The van der Waals surface area contributed by atoms with Crippen LogP contribution in [0.15, 0.2) is 42.5 Å². The summed E-state index contributed by atoms with van der Waals surface area (Å²) in [5, 5.41) is 2.58. The van der Waals surface area contributed by atoms with Crippen molar-refractivity contribution >= 4 is 27.6 Å². The van der Waals surface area contributed by atoms with Crippen LogP contribution in [0.4, 0.5) is 5.69 Å². The van der Waals surface area contributed by atoms with Crippen molar-refractivity contribution in [3.63, 3.8) is 0 Å². The maximum absolute atomic E-state index is 5.59. The Morgan fingerprint density at radius 3 is 2.42 bits per heavy atom. The molecule has 2 fully saturated rings. The molecule has 0 amide bonds. The van der Waals surface area contributed by atoms with E-state index in [4.69, 9.17) is 9.72 Å². The summed E-state index contributed by atoms with van der Waals surface area (Å²) in [6.45, 7) is 15.8. The number of morpholine rings is 1. The molecule has 0 N–H and O–H groups in total. The summed E-state index contributed by atoms with van der Waals surface area (Å²) in [6.07, 6.45) is 2.70. The summed E-state index contributed by atoms with van der Waals surface area (Å²) in [4.78, 5) is 10.4. The third-order valence-electron chi connectivity index (χ3n) is 7.90. The Labute approximate surface area is 214 Å². The number of hydrogen-bond donors (Lipinski definition) is 0. The van der Waals surface area contributed by atoms with Crippen molar-refractivity contribution in [3.05, 3.63) is 64.8 Å². The Bertz CT molecular complexity index is 1390. The first kappa shape index (κ1) is 23.5. The molecule has 0 unspecified atom stereocenters. The van der Waals surface area contributed by atoms with E-state index in [2.05, 4.69) is 84.5 Å². The Morgan fingerprint density at radius 1 is 0.972 bits per heavy atom. The highest BCUT2D eigenvalue weighted by Gasteiger charge is 2.28. The van der Waals surface area contributed by atoms with Gasteiger partial charge in [0.1, 0.15) is 5.65 Å². The van der Waals surface area contributed by atoms with Crippen LogP contribution in [0.1, 0.15) is 35.2 Å². The largest absolute Gasteiger partial charge is 0.379 e. The van der Waals surface area contributed by atoms with Gasteiger partial charge in [-0.05, 0) is 69.7 Å². The van der Waals surface area contributed by atoms with Gasteiger partial charge in [-0.3, -0.25) is 9.47 Å². The first-order valence-corrected chi connectivity index (χ1v) is 13.5. The highest BCUT2D eigenvalue weighted by atomic mass is 16.5. The zero-order valence-electron chi connectivity index (χ0n) is 22.2. The lowest BCUT2D eigenvalue weighted by Gasteiger charge is -2.32. The van der Waals surface area contributed by atoms with Crippen LogP contribution in [-0.4, -0.2) is 60.4 Å². The lowest BCUT2D eigenvalue weighted by molar-refractivity contribution is 0.0391. The second-order valence-electron chi connectivity index (χ2n) is 10.9. The molecule has 4 aromatic rings. The van der Waals surface area contributed by atoms with Gasteiger partial charge in [0.05, 0.1) is 35.5 Å². The molecule has 2 aromatic carbocycles. The lowest BCUT2D eigenvalue weighted by atomic mass is 10.0. The van der Waals surface area contributed by atoms with E-state index < -0.39 is 0 Å². The number of benzene rings is 2. The summed E-state index contributed by atoms with van der Waals surface area (Å²) in [7, 11) is 0. The third kappa shape index (κ3) is 4.39. The lowest BCUT2D eigenvalue weighted by Crippen LogP contribution is -2.42. The first-order chi connectivity index (χ1) is 17.5. The molecule has 1 saturated carbocycles. The predicted molar refractivity (Wildman–Crippen MR) is 150 cm³/mol. The van der Waals surface area contributed by atoms with E-state index in [1.165, 1.54) is 57.2 Å². The van der Waals surface area contributed by atoms with Gasteiger partial charge in [0, 0.05) is 43.8 Å². The average Bonchev–Trinajstić information content (AvgIpc) is 3.63. The molecule has 0 spiro atoms. The minimum Gasteiger partial charge on any atom is -0.379 e. The standard InChI is InChI=1S/C31H38N4O/c1-21-17-22(2)30(23(3)18-21)35-27-8-6-5-7-26(27)29-28(19-24(4)32-31(29)35)34(20-25-9-10-25)12-11-33-13-15-36-16-14-33/h5-8,17-19,25H,9-16,20H2,1-4H3. The number of hydrogen-bond acceptors (Lipinski definition) is 4. The monoisotopic (exact) mass is 482 g/mol. The van der Waals surface area contributed by atoms with Gasteiger partial charge >= 0.3 is 0 Å². The number of aromatic nitrogens is 2. The molecule has 1 aliphatic carbocycles. The minimum absolute atomic E-state index is 0.813. The molecule has 36 heavy (non-hydrogen) atoms. The van der Waals surface area contributed by atoms with Gasteiger partial charge in [-0.2, -0.15) is 0 Å². The number of ether oxygens (including phenoxy) is 1. The van der Waals surface area contributed by atoms with Crippen LogP contribution >= 0.6 is 0 Å². The molecule has 6 rings (SSSR count). The Hall–Kier alpha value is -2.89. The summed E-state index contributed by atoms with van der Waals surface area (Å²) in [6, 6.07) is 15.8. The summed E-state index contributed by atoms with van der Waals surface area (Å²) in [5.74, 6) is 0.813. The molecule has 0 radical (unpaired) electrons. The quantitative estimate of drug-likeness (QED) is 0.325. The van der Waals surface area contributed by atoms with Crippen LogP contribution in [-0.2, 0) is 4.74 Å². The van der Waals surface area contributed by atoms with Crippen LogP contribution in [0, 0.1) is 33.6 Å². The molecule has 2 aromatic heterocycles. The SMILES string of the molecule is Cc1cc(C)c(-n2c3ccccc3c3c(N(CCN4CCOCC4)CC4CC4)cc(C)nc32)c(C)c1. The van der Waals surface area contributed by atoms with Crippen molar-refractivity contribution in [2.75, 3.05) is 50.8 Å². The highest BCUT2D eigenvalue weighted by molar-refractivity contribution is 6.14. The second-order valence-corrected chi connectivity index (χ2v) is 10.9. The number of para-hydroxylation sites is 1. The Kier molecular flexibility index (Phi) is 6.22. The van der Waals surface area contributed by atoms with Gasteiger partial charge in [0.25, 0.3) is 0 Å². The van der Waals surface area contributed by atoms with Gasteiger partial charge in [-0.15, -0.1) is 0 Å². The fourth-order valence-electron chi connectivity index (χ4n) is 6.06. The zero-order chi connectivity index (χ0) is 24.8. The van der Waals surface area contributed by atoms with Crippen LogP contribution in [0.3, 0.4) is 0 Å². The fourth-order valence-corrected chi connectivity index (χ4v) is 6.06. The van der Waals surface area contributed by atoms with Crippen molar-refractivity contribution in [2.24, 2.45) is 5.92 Å². The molecule has 0 bridgehead atoms. The Morgan fingerprint density at radius 2 is 1.69 bits per heavy atom. The van der Waals surface area contributed by atoms with Gasteiger partial charge in [-0.1, -0.05) is 35.9 Å². The predicted octanol–water partition coefficient (Wildman–Crippen LogP) is 5.96. The van der Waals surface area contributed by atoms with E-state index >= 15 is 0 Å². The van der Waals surface area contributed by atoms with Gasteiger partial charge in [0.2, 0.25) is 0 Å². The van der Waals surface area contributed by atoms with Crippen molar-refractivity contribution in [2.45, 2.75) is 40.5 Å². The Balaban J connectivity index is 1.54. The topological polar surface area (TPSA) is 33.5 Å². The van der Waals surface area contributed by atoms with Crippen LogP contribution in [0.5, 0.6) is 0 Å². The molecule has 3 heterocycles. The molecule has 0 atom stereocenters. The van der Waals surface area contributed by atoms with Gasteiger partial charge in [0.15, 0.2) is 0 Å². The fraction of sp³-hybridized carbons (Fsp3) is 0.452. The number of anilines is 1. The molecule has 5 heteroatoms. The zero-order valence-corrected chi connectivity index (χ0v) is 22.2. The van der Waals surface area contributed by atoms with E-state index in [0.29, 0.717) is 0 Å². The average molecular weight is 483 g/mol. The van der Waals surface area contributed by atoms with Crippen LogP contribution in [0.25, 0.3) is 27.6 Å².